The van der Waals surface area contributed by atoms with Crippen molar-refractivity contribution in [2.75, 3.05) is 0 Å². The van der Waals surface area contributed by atoms with Gasteiger partial charge in [-0.2, -0.15) is 0 Å². The van der Waals surface area contributed by atoms with E-state index in [0.717, 1.165) is 0 Å². The number of pyridine rings is 1. The number of fused-ring (bicyclic) bond motifs is 6. The third-order valence-electron chi connectivity index (χ3n) is 5.95. The molecule has 2 heterocycles. The van der Waals surface area contributed by atoms with Crippen molar-refractivity contribution in [1.82, 2.24) is 4.98 Å². The van der Waals surface area contributed by atoms with Gasteiger partial charge in [-0.1, -0.05) is 68.1 Å². The maximum atomic E-state index is 4.61. The van der Waals surface area contributed by atoms with Gasteiger partial charge in [0.2, 0.25) is 0 Å². The van der Waals surface area contributed by atoms with E-state index in [1.54, 1.807) is 0 Å². The molecule has 0 bridgehead atoms. The van der Waals surface area contributed by atoms with E-state index in [9.17, 15) is 0 Å². The van der Waals surface area contributed by atoms with Crippen LogP contribution < -0.4 is 0 Å². The van der Waals surface area contributed by atoms with Crippen molar-refractivity contribution < 1.29 is 0 Å². The molecule has 4 aromatic rings. The molecule has 2 aliphatic rings. The number of rotatable bonds is 0. The zero-order valence-corrected chi connectivity index (χ0v) is 15.5. The van der Waals surface area contributed by atoms with Crippen LogP contribution in [0.1, 0.15) is 25.0 Å². The Morgan fingerprint density at radius 2 is 1.54 bits per heavy atom. The molecule has 6 rings (SSSR count). The van der Waals surface area contributed by atoms with E-state index in [0.29, 0.717) is 0 Å². The quantitative estimate of drug-likeness (QED) is 0.309. The van der Waals surface area contributed by atoms with Crippen LogP contribution >= 0.6 is 11.8 Å². The van der Waals surface area contributed by atoms with Gasteiger partial charge in [0.25, 0.3) is 0 Å². The Hall–Kier alpha value is -2.58. The molecule has 0 atom stereocenters. The van der Waals surface area contributed by atoms with Gasteiger partial charge in [-0.3, -0.25) is 4.98 Å². The summed E-state index contributed by atoms with van der Waals surface area (Å²) < 4.78 is 0. The fourth-order valence-corrected chi connectivity index (χ4v) is 5.81. The average molecular weight is 351 g/mol. The molecule has 1 aliphatic carbocycles. The predicted molar refractivity (Wildman–Crippen MR) is 109 cm³/mol. The Morgan fingerprint density at radius 3 is 2.42 bits per heavy atom. The first-order chi connectivity index (χ1) is 12.7. The lowest BCUT2D eigenvalue weighted by molar-refractivity contribution is 0.661. The van der Waals surface area contributed by atoms with Crippen LogP contribution in [0.2, 0.25) is 0 Å². The standard InChI is InChI=1S/C24H17NS/c1-24(2)18-9-5-3-8-15(18)22-17-12-25-13-21-23(17)16(11-19(22)24)14-7-4-6-10-20(14)26-21/h3-13H,1-2H3. The minimum absolute atomic E-state index is 0.00611. The normalized spacial score (nSPS) is 15.5. The molecule has 1 nitrogen and oxygen atoms in total. The molecule has 0 N–H and O–H groups in total. The van der Waals surface area contributed by atoms with E-state index in [4.69, 9.17) is 0 Å². The summed E-state index contributed by atoms with van der Waals surface area (Å²) >= 11 is 1.84. The zero-order chi connectivity index (χ0) is 17.5. The molecule has 1 aromatic heterocycles. The minimum atomic E-state index is 0.00611. The summed E-state index contributed by atoms with van der Waals surface area (Å²) in [6.45, 7) is 4.69. The van der Waals surface area contributed by atoms with Crippen LogP contribution in [0.4, 0.5) is 0 Å². The topological polar surface area (TPSA) is 12.9 Å². The number of hydrogen-bond acceptors (Lipinski definition) is 2. The average Bonchev–Trinajstić information content (AvgIpc) is 2.90. The molecular weight excluding hydrogens is 334 g/mol. The van der Waals surface area contributed by atoms with E-state index in [1.807, 2.05) is 18.0 Å². The maximum absolute atomic E-state index is 4.61. The van der Waals surface area contributed by atoms with Gasteiger partial charge in [0.15, 0.2) is 0 Å². The first-order valence-corrected chi connectivity index (χ1v) is 9.80. The van der Waals surface area contributed by atoms with Gasteiger partial charge in [0.05, 0.1) is 0 Å². The van der Waals surface area contributed by atoms with Crippen molar-refractivity contribution in [3.63, 3.8) is 0 Å². The first-order valence-electron chi connectivity index (χ1n) is 8.98. The molecule has 0 saturated heterocycles. The lowest BCUT2D eigenvalue weighted by Gasteiger charge is -2.25. The Bertz CT molecular complexity index is 1240. The summed E-state index contributed by atoms with van der Waals surface area (Å²) in [4.78, 5) is 7.20. The Balaban J connectivity index is 1.84. The highest BCUT2D eigenvalue weighted by atomic mass is 32.2. The van der Waals surface area contributed by atoms with Gasteiger partial charge >= 0.3 is 0 Å². The second-order valence-corrected chi connectivity index (χ2v) is 8.76. The van der Waals surface area contributed by atoms with Crippen molar-refractivity contribution in [3.05, 3.63) is 78.1 Å². The summed E-state index contributed by atoms with van der Waals surface area (Å²) in [5, 5.41) is 2.64. The van der Waals surface area contributed by atoms with Gasteiger partial charge < -0.3 is 0 Å². The van der Waals surface area contributed by atoms with Crippen molar-refractivity contribution in [2.45, 2.75) is 29.1 Å². The van der Waals surface area contributed by atoms with E-state index >= 15 is 0 Å². The molecule has 124 valence electrons. The van der Waals surface area contributed by atoms with Crippen LogP contribution in [0.25, 0.3) is 33.0 Å². The molecule has 0 radical (unpaired) electrons. The molecular formula is C24H17NS. The Labute approximate surface area is 157 Å². The van der Waals surface area contributed by atoms with E-state index in [1.165, 1.54) is 53.9 Å². The van der Waals surface area contributed by atoms with E-state index in [-0.39, 0.29) is 5.41 Å². The SMILES string of the molecule is CC1(C)c2ccccc2-c2c1cc1c3c(cncc23)Sc2ccccc2-1. The number of aromatic nitrogens is 1. The van der Waals surface area contributed by atoms with E-state index < -0.39 is 0 Å². The monoisotopic (exact) mass is 351 g/mol. The number of nitrogens with zero attached hydrogens (tertiary/aromatic N) is 1. The van der Waals surface area contributed by atoms with Crippen LogP contribution in [-0.2, 0) is 5.41 Å². The van der Waals surface area contributed by atoms with Gasteiger partial charge in [-0.15, -0.1) is 0 Å². The third kappa shape index (κ3) is 1.66. The molecule has 0 unspecified atom stereocenters. The number of hydrogen-bond donors (Lipinski definition) is 0. The molecule has 0 amide bonds. The van der Waals surface area contributed by atoms with Crippen LogP contribution in [0.5, 0.6) is 0 Å². The smallest absolute Gasteiger partial charge is 0.0414 e. The number of benzene rings is 3. The lowest BCUT2D eigenvalue weighted by Crippen LogP contribution is -2.15. The Kier molecular flexibility index (Phi) is 2.68. The van der Waals surface area contributed by atoms with E-state index in [2.05, 4.69) is 79.6 Å². The fraction of sp³-hybridized carbons (Fsp3) is 0.125. The molecule has 0 spiro atoms. The first kappa shape index (κ1) is 14.6. The highest BCUT2D eigenvalue weighted by Gasteiger charge is 2.38. The summed E-state index contributed by atoms with van der Waals surface area (Å²) in [7, 11) is 0. The van der Waals surface area contributed by atoms with Crippen LogP contribution in [-0.4, -0.2) is 4.98 Å². The zero-order valence-electron chi connectivity index (χ0n) is 14.7. The van der Waals surface area contributed by atoms with Crippen molar-refractivity contribution >= 4 is 22.5 Å². The fourth-order valence-electron chi connectivity index (χ4n) is 4.70. The van der Waals surface area contributed by atoms with Crippen molar-refractivity contribution in [3.8, 4) is 22.3 Å². The van der Waals surface area contributed by atoms with Crippen LogP contribution in [0.3, 0.4) is 0 Å². The van der Waals surface area contributed by atoms with Gasteiger partial charge in [0.1, 0.15) is 0 Å². The summed E-state index contributed by atoms with van der Waals surface area (Å²) in [5.41, 5.74) is 8.27. The largest absolute Gasteiger partial charge is 0.263 e. The Morgan fingerprint density at radius 1 is 0.769 bits per heavy atom. The van der Waals surface area contributed by atoms with Gasteiger partial charge in [-0.25, -0.2) is 0 Å². The van der Waals surface area contributed by atoms with Crippen LogP contribution in [0.15, 0.2) is 76.8 Å². The van der Waals surface area contributed by atoms with Crippen LogP contribution in [0, 0.1) is 0 Å². The molecule has 1 aliphatic heterocycles. The minimum Gasteiger partial charge on any atom is -0.263 e. The van der Waals surface area contributed by atoms with Crippen molar-refractivity contribution in [1.29, 1.82) is 0 Å². The molecule has 2 heteroatoms. The third-order valence-corrected chi connectivity index (χ3v) is 7.05. The molecule has 3 aromatic carbocycles. The summed E-state index contributed by atoms with van der Waals surface area (Å²) in [6, 6.07) is 20.0. The lowest BCUT2D eigenvalue weighted by atomic mass is 9.80. The molecule has 0 saturated carbocycles. The molecule has 26 heavy (non-hydrogen) atoms. The highest BCUT2D eigenvalue weighted by Crippen LogP contribution is 2.56. The van der Waals surface area contributed by atoms with Gasteiger partial charge in [-0.05, 0) is 45.5 Å². The summed E-state index contributed by atoms with van der Waals surface area (Å²) in [6.07, 6.45) is 4.08. The molecule has 0 fully saturated rings. The maximum Gasteiger partial charge on any atom is 0.0414 e. The highest BCUT2D eigenvalue weighted by molar-refractivity contribution is 7.99. The van der Waals surface area contributed by atoms with Gasteiger partial charge in [0, 0.05) is 38.4 Å². The second kappa shape index (κ2) is 4.77. The van der Waals surface area contributed by atoms with Crippen molar-refractivity contribution in [2.24, 2.45) is 0 Å². The predicted octanol–water partition coefficient (Wildman–Crippen LogP) is 6.67. The summed E-state index contributed by atoms with van der Waals surface area (Å²) in [5.74, 6) is 0. The second-order valence-electron chi connectivity index (χ2n) is 7.68.